The fourth-order valence-corrected chi connectivity index (χ4v) is 2.44. The molecule has 1 aliphatic carbocycles. The summed E-state index contributed by atoms with van der Waals surface area (Å²) in [5.74, 6) is 1.02. The van der Waals surface area contributed by atoms with E-state index < -0.39 is 0 Å². The van der Waals surface area contributed by atoms with E-state index in [1.807, 2.05) is 19.9 Å². The van der Waals surface area contributed by atoms with Gasteiger partial charge in [-0.25, -0.2) is 9.97 Å². The maximum atomic E-state index is 11.7. The Kier molecular flexibility index (Phi) is 4.12. The Morgan fingerprint density at radius 1 is 1.28 bits per heavy atom. The van der Waals surface area contributed by atoms with Crippen molar-refractivity contribution >= 4 is 11.9 Å². The number of amides is 1. The fourth-order valence-electron chi connectivity index (χ4n) is 2.44. The molecule has 1 fully saturated rings. The minimum Gasteiger partial charge on any atom is -0.273 e. The molecule has 0 saturated heterocycles. The molecule has 1 heterocycles. The van der Waals surface area contributed by atoms with Crippen LogP contribution in [0, 0.1) is 19.8 Å². The minimum atomic E-state index is 0.0182. The maximum Gasteiger partial charge on any atom is 0.242 e. The Morgan fingerprint density at radius 2 is 1.89 bits per heavy atom. The number of carbonyl (C=O) groups is 1. The highest BCUT2D eigenvalue weighted by Gasteiger charge is 2.18. The molecule has 18 heavy (non-hydrogen) atoms. The molecule has 2 N–H and O–H groups in total. The van der Waals surface area contributed by atoms with E-state index in [2.05, 4.69) is 20.8 Å². The summed E-state index contributed by atoms with van der Waals surface area (Å²) in [5.41, 5.74) is 7.21. The SMILES string of the molecule is Cc1cc(C)nc(NNC(=O)CC2CCCC2)n1. The summed E-state index contributed by atoms with van der Waals surface area (Å²) >= 11 is 0. The molecule has 1 aromatic rings. The Labute approximate surface area is 107 Å². The third kappa shape index (κ3) is 3.68. The number of anilines is 1. The molecule has 0 radical (unpaired) electrons. The van der Waals surface area contributed by atoms with Crippen LogP contribution in [0.1, 0.15) is 43.5 Å². The molecule has 0 spiro atoms. The van der Waals surface area contributed by atoms with E-state index in [-0.39, 0.29) is 5.91 Å². The van der Waals surface area contributed by atoms with Gasteiger partial charge in [0.15, 0.2) is 0 Å². The lowest BCUT2D eigenvalue weighted by atomic mass is 10.0. The summed E-state index contributed by atoms with van der Waals surface area (Å²) < 4.78 is 0. The first-order valence-corrected chi connectivity index (χ1v) is 6.50. The molecule has 0 aliphatic heterocycles. The van der Waals surface area contributed by atoms with Crippen LogP contribution in [0.15, 0.2) is 6.07 Å². The van der Waals surface area contributed by atoms with Crippen LogP contribution in [-0.2, 0) is 4.79 Å². The van der Waals surface area contributed by atoms with E-state index in [0.29, 0.717) is 18.3 Å². The fraction of sp³-hybridized carbons (Fsp3) is 0.615. The Morgan fingerprint density at radius 3 is 2.50 bits per heavy atom. The zero-order valence-corrected chi connectivity index (χ0v) is 11.0. The van der Waals surface area contributed by atoms with Gasteiger partial charge in [-0.2, -0.15) is 0 Å². The zero-order chi connectivity index (χ0) is 13.0. The molecule has 0 bridgehead atoms. The van der Waals surface area contributed by atoms with E-state index in [9.17, 15) is 4.79 Å². The maximum absolute atomic E-state index is 11.7. The number of hydrogen-bond acceptors (Lipinski definition) is 4. The normalized spacial score (nSPS) is 15.7. The van der Waals surface area contributed by atoms with Gasteiger partial charge in [0.1, 0.15) is 0 Å². The van der Waals surface area contributed by atoms with Crippen LogP contribution >= 0.6 is 0 Å². The van der Waals surface area contributed by atoms with Crippen LogP contribution in [0.3, 0.4) is 0 Å². The lowest BCUT2D eigenvalue weighted by Gasteiger charge is -2.11. The first-order valence-electron chi connectivity index (χ1n) is 6.50. The van der Waals surface area contributed by atoms with E-state index in [0.717, 1.165) is 11.4 Å². The van der Waals surface area contributed by atoms with Crippen molar-refractivity contribution in [1.82, 2.24) is 15.4 Å². The van der Waals surface area contributed by atoms with Gasteiger partial charge >= 0.3 is 0 Å². The minimum absolute atomic E-state index is 0.0182. The van der Waals surface area contributed by atoms with Gasteiger partial charge in [-0.1, -0.05) is 12.8 Å². The van der Waals surface area contributed by atoms with Crippen molar-refractivity contribution in [1.29, 1.82) is 0 Å². The predicted octanol–water partition coefficient (Wildman–Crippen LogP) is 2.12. The molecule has 1 aromatic heterocycles. The second-order valence-corrected chi connectivity index (χ2v) is 5.00. The molecule has 1 saturated carbocycles. The third-order valence-electron chi connectivity index (χ3n) is 3.24. The lowest BCUT2D eigenvalue weighted by Crippen LogP contribution is -2.31. The highest BCUT2D eigenvalue weighted by atomic mass is 16.2. The highest BCUT2D eigenvalue weighted by molar-refractivity contribution is 5.77. The van der Waals surface area contributed by atoms with Gasteiger partial charge in [0.25, 0.3) is 0 Å². The molecule has 1 amide bonds. The quantitative estimate of drug-likeness (QED) is 0.801. The zero-order valence-electron chi connectivity index (χ0n) is 11.0. The topological polar surface area (TPSA) is 66.9 Å². The highest BCUT2D eigenvalue weighted by Crippen LogP contribution is 2.27. The monoisotopic (exact) mass is 248 g/mol. The first kappa shape index (κ1) is 12.8. The van der Waals surface area contributed by atoms with Crippen molar-refractivity contribution < 1.29 is 4.79 Å². The number of aromatic nitrogens is 2. The Bertz CT molecular complexity index is 407. The molecule has 0 aromatic carbocycles. The Balaban J connectivity index is 1.81. The predicted molar refractivity (Wildman–Crippen MR) is 69.8 cm³/mol. The summed E-state index contributed by atoms with van der Waals surface area (Å²) in [4.78, 5) is 20.1. The van der Waals surface area contributed by atoms with Crippen LogP contribution in [0.4, 0.5) is 5.95 Å². The average molecular weight is 248 g/mol. The van der Waals surface area contributed by atoms with E-state index in [1.165, 1.54) is 25.7 Å². The van der Waals surface area contributed by atoms with Gasteiger partial charge in [0.05, 0.1) is 0 Å². The van der Waals surface area contributed by atoms with Crippen LogP contribution in [0.25, 0.3) is 0 Å². The summed E-state index contributed by atoms with van der Waals surface area (Å²) in [5, 5.41) is 0. The molecule has 1 aliphatic rings. The van der Waals surface area contributed by atoms with Crippen LogP contribution in [0.2, 0.25) is 0 Å². The lowest BCUT2D eigenvalue weighted by molar-refractivity contribution is -0.121. The second kappa shape index (κ2) is 5.80. The Hall–Kier alpha value is -1.65. The number of rotatable bonds is 4. The number of aryl methyl sites for hydroxylation is 2. The standard InChI is InChI=1S/C13H20N4O/c1-9-7-10(2)15-13(14-9)17-16-12(18)8-11-5-3-4-6-11/h7,11H,3-6,8H2,1-2H3,(H,16,18)(H,14,15,17). The number of nitrogens with one attached hydrogen (secondary N) is 2. The molecule has 5 heteroatoms. The van der Waals surface area contributed by atoms with Crippen LogP contribution in [0.5, 0.6) is 0 Å². The summed E-state index contributed by atoms with van der Waals surface area (Å²) in [6.45, 7) is 3.81. The van der Waals surface area contributed by atoms with E-state index >= 15 is 0 Å². The van der Waals surface area contributed by atoms with Crippen molar-refractivity contribution in [3.8, 4) is 0 Å². The summed E-state index contributed by atoms with van der Waals surface area (Å²) in [6.07, 6.45) is 5.45. The molecule has 2 rings (SSSR count). The van der Waals surface area contributed by atoms with Gasteiger partial charge in [0, 0.05) is 17.8 Å². The molecule has 0 atom stereocenters. The molecule has 0 unspecified atom stereocenters. The number of hydrazine groups is 1. The summed E-state index contributed by atoms with van der Waals surface area (Å²) in [7, 11) is 0. The summed E-state index contributed by atoms with van der Waals surface area (Å²) in [6, 6.07) is 1.89. The second-order valence-electron chi connectivity index (χ2n) is 5.00. The van der Waals surface area contributed by atoms with E-state index in [1.54, 1.807) is 0 Å². The average Bonchev–Trinajstić information content (AvgIpc) is 2.78. The van der Waals surface area contributed by atoms with Crippen molar-refractivity contribution in [2.24, 2.45) is 5.92 Å². The van der Waals surface area contributed by atoms with Crippen molar-refractivity contribution in [2.75, 3.05) is 5.43 Å². The number of nitrogens with zero attached hydrogens (tertiary/aromatic N) is 2. The third-order valence-corrected chi connectivity index (χ3v) is 3.24. The van der Waals surface area contributed by atoms with Crippen LogP contribution < -0.4 is 10.9 Å². The number of hydrogen-bond donors (Lipinski definition) is 2. The first-order chi connectivity index (χ1) is 8.63. The molecule has 98 valence electrons. The van der Waals surface area contributed by atoms with Crippen LogP contribution in [-0.4, -0.2) is 15.9 Å². The smallest absolute Gasteiger partial charge is 0.242 e. The van der Waals surface area contributed by atoms with Crippen molar-refractivity contribution in [2.45, 2.75) is 46.0 Å². The van der Waals surface area contributed by atoms with Crippen molar-refractivity contribution in [3.63, 3.8) is 0 Å². The van der Waals surface area contributed by atoms with Gasteiger partial charge < -0.3 is 0 Å². The largest absolute Gasteiger partial charge is 0.273 e. The van der Waals surface area contributed by atoms with Gasteiger partial charge in [-0.05, 0) is 38.7 Å². The van der Waals surface area contributed by atoms with Gasteiger partial charge in [-0.3, -0.25) is 15.6 Å². The molecular weight excluding hydrogens is 228 g/mol. The van der Waals surface area contributed by atoms with Gasteiger partial charge in [-0.15, -0.1) is 0 Å². The molecule has 5 nitrogen and oxygen atoms in total. The number of carbonyl (C=O) groups excluding carboxylic acids is 1. The van der Waals surface area contributed by atoms with E-state index in [4.69, 9.17) is 0 Å². The van der Waals surface area contributed by atoms with Gasteiger partial charge in [0.2, 0.25) is 11.9 Å². The van der Waals surface area contributed by atoms with Crippen molar-refractivity contribution in [3.05, 3.63) is 17.5 Å². The molecular formula is C13H20N4O.